The van der Waals surface area contributed by atoms with Gasteiger partial charge in [-0.15, -0.1) is 25.3 Å². The van der Waals surface area contributed by atoms with Gasteiger partial charge in [-0.2, -0.15) is 8.78 Å². The zero-order valence-electron chi connectivity index (χ0n) is 9.77. The van der Waals surface area contributed by atoms with E-state index >= 15 is 0 Å². The number of halogens is 2. The van der Waals surface area contributed by atoms with Crippen LogP contribution in [0.3, 0.4) is 0 Å². The van der Waals surface area contributed by atoms with Gasteiger partial charge in [0.1, 0.15) is 0 Å². The van der Waals surface area contributed by atoms with Gasteiger partial charge < -0.3 is 11.5 Å². The lowest BCUT2D eigenvalue weighted by molar-refractivity contribution is 0.0428. The van der Waals surface area contributed by atoms with Crippen LogP contribution in [0.25, 0.3) is 0 Å². The van der Waals surface area contributed by atoms with Crippen molar-refractivity contribution in [3.63, 3.8) is 0 Å². The van der Waals surface area contributed by atoms with Crippen LogP contribution < -0.4 is 11.5 Å². The number of benzene rings is 2. The van der Waals surface area contributed by atoms with Gasteiger partial charge in [-0.3, -0.25) is 0 Å². The van der Waals surface area contributed by atoms with E-state index < -0.39 is 5.92 Å². The fourth-order valence-corrected chi connectivity index (χ4v) is 1.94. The normalized spacial score (nSPS) is 11.6. The summed E-state index contributed by atoms with van der Waals surface area (Å²) < 4.78 is 28.7. The van der Waals surface area contributed by atoms with Crippen molar-refractivity contribution in [2.24, 2.45) is 0 Å². The van der Waals surface area contributed by atoms with Gasteiger partial charge in [0.25, 0.3) is 5.92 Å². The van der Waals surface area contributed by atoms with Crippen molar-refractivity contribution in [2.75, 3.05) is 11.5 Å². The second-order valence-electron chi connectivity index (χ2n) is 4.12. The van der Waals surface area contributed by atoms with Gasteiger partial charge in [0.05, 0.1) is 0 Å². The molecule has 0 aliphatic rings. The Hall–Kier alpha value is -1.40. The molecule has 2 rings (SSSR count). The van der Waals surface area contributed by atoms with Crippen molar-refractivity contribution in [2.45, 2.75) is 15.7 Å². The summed E-state index contributed by atoms with van der Waals surface area (Å²) in [5, 5.41) is 0. The zero-order chi connectivity index (χ0) is 14.2. The molecule has 0 radical (unpaired) electrons. The lowest BCUT2D eigenvalue weighted by Crippen LogP contribution is -2.16. The number of thiol groups is 2. The van der Waals surface area contributed by atoms with Gasteiger partial charge in [0.15, 0.2) is 0 Å². The molecule has 0 aliphatic heterocycles. The fourth-order valence-electron chi connectivity index (χ4n) is 1.67. The highest BCUT2D eigenvalue weighted by atomic mass is 32.1. The van der Waals surface area contributed by atoms with Crippen molar-refractivity contribution < 1.29 is 8.78 Å². The number of hydrogen-bond acceptors (Lipinski definition) is 4. The summed E-state index contributed by atoms with van der Waals surface area (Å²) in [5.74, 6) is -3.18. The summed E-state index contributed by atoms with van der Waals surface area (Å²) in [5.41, 5.74) is 11.2. The number of nitrogen functional groups attached to an aromatic ring is 2. The summed E-state index contributed by atoms with van der Waals surface area (Å²) in [6, 6.07) is 7.91. The van der Waals surface area contributed by atoms with Gasteiger partial charge in [-0.1, -0.05) is 12.1 Å². The zero-order valence-corrected chi connectivity index (χ0v) is 11.6. The first-order valence-corrected chi connectivity index (χ1v) is 6.27. The Morgan fingerprint density at radius 1 is 0.789 bits per heavy atom. The molecule has 0 spiro atoms. The van der Waals surface area contributed by atoms with Crippen LogP contribution >= 0.6 is 25.3 Å². The molecular formula is C13H12F2N2S2. The smallest absolute Gasteiger partial charge is 0.298 e. The van der Waals surface area contributed by atoms with Crippen LogP contribution in [0.4, 0.5) is 20.2 Å². The molecule has 2 aromatic carbocycles. The van der Waals surface area contributed by atoms with Crippen LogP contribution in [0.1, 0.15) is 11.1 Å². The molecule has 0 aliphatic carbocycles. The molecule has 19 heavy (non-hydrogen) atoms. The maximum atomic E-state index is 14.4. The number of nitrogens with two attached hydrogens (primary N) is 2. The largest absolute Gasteiger partial charge is 0.398 e. The van der Waals surface area contributed by atoms with E-state index in [1.54, 1.807) is 0 Å². The van der Waals surface area contributed by atoms with E-state index in [-0.39, 0.29) is 22.5 Å². The minimum Gasteiger partial charge on any atom is -0.398 e. The first kappa shape index (κ1) is 14.0. The highest BCUT2D eigenvalue weighted by molar-refractivity contribution is 7.80. The number of alkyl halides is 2. The van der Waals surface area contributed by atoms with E-state index in [9.17, 15) is 8.78 Å². The minimum absolute atomic E-state index is 0.200. The van der Waals surface area contributed by atoms with E-state index in [2.05, 4.69) is 25.3 Å². The van der Waals surface area contributed by atoms with Gasteiger partial charge in [-0.05, 0) is 24.3 Å². The predicted octanol–water partition coefficient (Wildman–Crippen LogP) is 3.57. The number of anilines is 2. The van der Waals surface area contributed by atoms with E-state index in [4.69, 9.17) is 11.5 Å². The molecule has 0 unspecified atom stereocenters. The van der Waals surface area contributed by atoms with Gasteiger partial charge in [0.2, 0.25) is 0 Å². The van der Waals surface area contributed by atoms with Crippen LogP contribution in [0.15, 0.2) is 46.2 Å². The lowest BCUT2D eigenvalue weighted by Gasteiger charge is -2.19. The van der Waals surface area contributed by atoms with E-state index in [1.807, 2.05) is 0 Å². The molecule has 6 heteroatoms. The third-order valence-electron chi connectivity index (χ3n) is 2.78. The van der Waals surface area contributed by atoms with E-state index in [1.165, 1.54) is 36.4 Å². The Bertz CT molecular complexity index is 577. The summed E-state index contributed by atoms with van der Waals surface area (Å²) in [6.07, 6.45) is 0. The molecule has 0 amide bonds. The highest BCUT2D eigenvalue weighted by Crippen LogP contribution is 2.38. The molecule has 100 valence electrons. The standard InChI is InChI=1S/C13H12F2N2S2/c14-13(15,7-1-3-11(18)9(16)5-7)8-2-4-12(19)10(17)6-8/h1-6,18-19H,16-17H2. The third-order valence-corrected chi connectivity index (χ3v) is 3.59. The molecule has 0 atom stereocenters. The summed E-state index contributed by atoms with van der Waals surface area (Å²) >= 11 is 8.12. The van der Waals surface area contributed by atoms with E-state index in [0.29, 0.717) is 9.79 Å². The quantitative estimate of drug-likeness (QED) is 0.506. The molecular weight excluding hydrogens is 286 g/mol. The van der Waals surface area contributed by atoms with Gasteiger partial charge >= 0.3 is 0 Å². The molecule has 0 aromatic heterocycles. The van der Waals surface area contributed by atoms with Gasteiger partial charge in [-0.25, -0.2) is 0 Å². The predicted molar refractivity (Wildman–Crippen MR) is 79.2 cm³/mol. The Kier molecular flexibility index (Phi) is 3.64. The van der Waals surface area contributed by atoms with Crippen molar-refractivity contribution >= 4 is 36.6 Å². The first-order valence-electron chi connectivity index (χ1n) is 5.38. The first-order chi connectivity index (χ1) is 8.82. The Balaban J connectivity index is 2.51. The average molecular weight is 298 g/mol. The molecule has 2 nitrogen and oxygen atoms in total. The lowest BCUT2D eigenvalue weighted by atomic mass is 9.99. The fraction of sp³-hybridized carbons (Fsp3) is 0.0769. The number of hydrogen-bond donors (Lipinski definition) is 4. The molecule has 0 saturated carbocycles. The van der Waals surface area contributed by atoms with Crippen LogP contribution in [0, 0.1) is 0 Å². The second-order valence-corrected chi connectivity index (χ2v) is 5.09. The molecule has 0 saturated heterocycles. The van der Waals surface area contributed by atoms with Crippen LogP contribution in [-0.4, -0.2) is 0 Å². The SMILES string of the molecule is Nc1cc(C(F)(F)c2ccc(S)c(N)c2)ccc1S. The topological polar surface area (TPSA) is 52.0 Å². The van der Waals surface area contributed by atoms with Crippen molar-refractivity contribution in [1.29, 1.82) is 0 Å². The monoisotopic (exact) mass is 298 g/mol. The average Bonchev–Trinajstić information content (AvgIpc) is 2.35. The summed E-state index contributed by atoms with van der Waals surface area (Å²) in [6.45, 7) is 0. The van der Waals surface area contributed by atoms with Crippen LogP contribution in [-0.2, 0) is 5.92 Å². The molecule has 2 aromatic rings. The molecule has 0 fully saturated rings. The highest BCUT2D eigenvalue weighted by Gasteiger charge is 2.34. The minimum atomic E-state index is -3.18. The third kappa shape index (κ3) is 2.64. The Morgan fingerprint density at radius 2 is 1.16 bits per heavy atom. The van der Waals surface area contributed by atoms with Crippen molar-refractivity contribution in [3.8, 4) is 0 Å². The summed E-state index contributed by atoms with van der Waals surface area (Å²) in [4.78, 5) is 0.926. The Labute approximate surface area is 120 Å². The maximum absolute atomic E-state index is 14.4. The van der Waals surface area contributed by atoms with Crippen molar-refractivity contribution in [1.82, 2.24) is 0 Å². The number of rotatable bonds is 2. The molecule has 0 bridgehead atoms. The Morgan fingerprint density at radius 3 is 1.47 bits per heavy atom. The maximum Gasteiger partial charge on any atom is 0.298 e. The van der Waals surface area contributed by atoms with Gasteiger partial charge in [0, 0.05) is 32.3 Å². The summed E-state index contributed by atoms with van der Waals surface area (Å²) in [7, 11) is 0. The van der Waals surface area contributed by atoms with E-state index in [0.717, 1.165) is 0 Å². The van der Waals surface area contributed by atoms with Crippen molar-refractivity contribution in [3.05, 3.63) is 47.5 Å². The second kappa shape index (κ2) is 4.94. The van der Waals surface area contributed by atoms with Crippen LogP contribution in [0.5, 0.6) is 0 Å². The molecule has 0 heterocycles. The molecule has 4 N–H and O–H groups in total. The van der Waals surface area contributed by atoms with Crippen LogP contribution in [0.2, 0.25) is 0 Å².